The van der Waals surface area contributed by atoms with E-state index in [2.05, 4.69) is 21.2 Å². The highest BCUT2D eigenvalue weighted by molar-refractivity contribution is 9.10. The standard InChI is InChI=1S/C18H17BrClNO5/c1-25-17(23)15(9-12-7-13(19)16(22)14(20)8-12)21-18(24)26-10-11-5-3-2-4-6-11/h2-8,15,22H,9-10H2,1H3,(H,21,24)/t15-/m0/s1. The smallest absolute Gasteiger partial charge is 0.408 e. The third kappa shape index (κ3) is 5.64. The van der Waals surface area contributed by atoms with Crippen LogP contribution in [0.2, 0.25) is 5.02 Å². The number of phenols is 1. The SMILES string of the molecule is COC(=O)[C@H](Cc1cc(Cl)c(O)c(Br)c1)NC(=O)OCc1ccccc1. The second-order valence-corrected chi connectivity index (χ2v) is 6.66. The van der Waals surface area contributed by atoms with Crippen molar-refractivity contribution in [1.82, 2.24) is 5.32 Å². The maximum Gasteiger partial charge on any atom is 0.408 e. The number of alkyl carbamates (subject to hydrolysis) is 1. The number of amides is 1. The maximum absolute atomic E-state index is 12.0. The molecule has 2 N–H and O–H groups in total. The molecule has 0 saturated carbocycles. The van der Waals surface area contributed by atoms with E-state index >= 15 is 0 Å². The molecule has 0 saturated heterocycles. The lowest BCUT2D eigenvalue weighted by atomic mass is 10.1. The van der Waals surface area contributed by atoms with E-state index in [0.29, 0.717) is 10.0 Å². The molecule has 1 atom stereocenters. The average Bonchev–Trinajstić information content (AvgIpc) is 2.64. The van der Waals surface area contributed by atoms with Gasteiger partial charge in [0.15, 0.2) is 0 Å². The van der Waals surface area contributed by atoms with Crippen molar-refractivity contribution in [2.24, 2.45) is 0 Å². The molecule has 1 amide bonds. The second-order valence-electron chi connectivity index (χ2n) is 5.39. The fraction of sp³-hybridized carbons (Fsp3) is 0.222. The highest BCUT2D eigenvalue weighted by Gasteiger charge is 2.23. The molecule has 138 valence electrons. The Morgan fingerprint density at radius 3 is 2.54 bits per heavy atom. The first-order valence-electron chi connectivity index (χ1n) is 7.62. The van der Waals surface area contributed by atoms with Gasteiger partial charge in [0.1, 0.15) is 18.4 Å². The molecular formula is C18H17BrClNO5. The maximum atomic E-state index is 12.0. The van der Waals surface area contributed by atoms with Crippen LogP contribution in [0.5, 0.6) is 5.75 Å². The van der Waals surface area contributed by atoms with Crippen molar-refractivity contribution < 1.29 is 24.2 Å². The number of carbonyl (C=O) groups is 2. The summed E-state index contributed by atoms with van der Waals surface area (Å²) in [6.07, 6.45) is -0.626. The molecular weight excluding hydrogens is 426 g/mol. The molecule has 0 aromatic heterocycles. The average molecular weight is 443 g/mol. The largest absolute Gasteiger partial charge is 0.505 e. The van der Waals surface area contributed by atoms with Crippen LogP contribution in [0.25, 0.3) is 0 Å². The van der Waals surface area contributed by atoms with Crippen LogP contribution in [0.1, 0.15) is 11.1 Å². The van der Waals surface area contributed by atoms with Crippen molar-refractivity contribution in [2.45, 2.75) is 19.1 Å². The summed E-state index contributed by atoms with van der Waals surface area (Å²) in [5.74, 6) is -0.720. The van der Waals surface area contributed by atoms with Gasteiger partial charge in [-0.15, -0.1) is 0 Å². The van der Waals surface area contributed by atoms with Gasteiger partial charge in [0.05, 0.1) is 16.6 Å². The van der Waals surface area contributed by atoms with Gasteiger partial charge in [0, 0.05) is 6.42 Å². The summed E-state index contributed by atoms with van der Waals surface area (Å²) in [6.45, 7) is 0.0805. The van der Waals surface area contributed by atoms with Crippen LogP contribution in [0, 0.1) is 0 Å². The molecule has 0 aliphatic rings. The molecule has 0 bridgehead atoms. The molecule has 2 rings (SSSR count). The molecule has 2 aromatic carbocycles. The van der Waals surface area contributed by atoms with Crippen LogP contribution in [-0.2, 0) is 27.3 Å². The number of esters is 1. The van der Waals surface area contributed by atoms with E-state index in [-0.39, 0.29) is 23.8 Å². The minimum atomic E-state index is -0.962. The van der Waals surface area contributed by atoms with Crippen LogP contribution < -0.4 is 5.32 Å². The van der Waals surface area contributed by atoms with Crippen molar-refractivity contribution in [3.63, 3.8) is 0 Å². The third-order valence-corrected chi connectivity index (χ3v) is 4.40. The number of aromatic hydroxyl groups is 1. The van der Waals surface area contributed by atoms with Gasteiger partial charge in [-0.05, 0) is 39.2 Å². The van der Waals surface area contributed by atoms with Crippen LogP contribution in [0.3, 0.4) is 0 Å². The zero-order valence-electron chi connectivity index (χ0n) is 13.9. The van der Waals surface area contributed by atoms with Crippen molar-refractivity contribution >= 4 is 39.6 Å². The number of benzene rings is 2. The lowest BCUT2D eigenvalue weighted by molar-refractivity contribution is -0.143. The fourth-order valence-corrected chi connectivity index (χ4v) is 3.08. The number of rotatable bonds is 6. The Labute approximate surface area is 164 Å². The first-order chi connectivity index (χ1) is 12.4. The zero-order chi connectivity index (χ0) is 19.1. The summed E-state index contributed by atoms with van der Waals surface area (Å²) in [6, 6.07) is 11.3. The first-order valence-corrected chi connectivity index (χ1v) is 8.79. The summed E-state index contributed by atoms with van der Waals surface area (Å²) < 4.78 is 10.2. The molecule has 0 unspecified atom stereocenters. The molecule has 0 heterocycles. The summed E-state index contributed by atoms with van der Waals surface area (Å²) in [5, 5.41) is 12.3. The Morgan fingerprint density at radius 1 is 1.23 bits per heavy atom. The van der Waals surface area contributed by atoms with E-state index < -0.39 is 18.1 Å². The van der Waals surface area contributed by atoms with Crippen LogP contribution >= 0.6 is 27.5 Å². The lowest BCUT2D eigenvalue weighted by Crippen LogP contribution is -2.43. The Morgan fingerprint density at radius 2 is 1.92 bits per heavy atom. The monoisotopic (exact) mass is 441 g/mol. The van der Waals surface area contributed by atoms with E-state index in [1.807, 2.05) is 30.3 Å². The lowest BCUT2D eigenvalue weighted by Gasteiger charge is -2.17. The molecule has 0 aliphatic heterocycles. The van der Waals surface area contributed by atoms with E-state index in [0.717, 1.165) is 5.56 Å². The van der Waals surface area contributed by atoms with E-state index in [1.54, 1.807) is 6.07 Å². The minimum absolute atomic E-state index is 0.0805. The second kappa shape index (κ2) is 9.45. The number of carbonyl (C=O) groups excluding carboxylic acids is 2. The highest BCUT2D eigenvalue weighted by Crippen LogP contribution is 2.33. The Balaban J connectivity index is 2.03. The van der Waals surface area contributed by atoms with E-state index in [9.17, 15) is 14.7 Å². The number of hydrogen-bond donors (Lipinski definition) is 2. The summed E-state index contributed by atoms with van der Waals surface area (Å²) in [4.78, 5) is 24.0. The predicted octanol–water partition coefficient (Wildman–Crippen LogP) is 3.82. The number of hydrogen-bond acceptors (Lipinski definition) is 5. The number of phenolic OH excluding ortho intramolecular Hbond substituents is 1. The molecule has 0 fully saturated rings. The topological polar surface area (TPSA) is 84.9 Å². The summed E-state index contributed by atoms with van der Waals surface area (Å²) in [5.41, 5.74) is 1.45. The normalized spacial score (nSPS) is 11.5. The fourth-order valence-electron chi connectivity index (χ4n) is 2.21. The van der Waals surface area contributed by atoms with Crippen LogP contribution in [-0.4, -0.2) is 30.3 Å². The minimum Gasteiger partial charge on any atom is -0.505 e. The van der Waals surface area contributed by atoms with E-state index in [4.69, 9.17) is 21.1 Å². The summed E-state index contributed by atoms with van der Waals surface area (Å²) in [7, 11) is 1.23. The predicted molar refractivity (Wildman–Crippen MR) is 100 cm³/mol. The van der Waals surface area contributed by atoms with Gasteiger partial charge in [-0.2, -0.15) is 0 Å². The van der Waals surface area contributed by atoms with Gasteiger partial charge < -0.3 is 19.9 Å². The van der Waals surface area contributed by atoms with Gasteiger partial charge >= 0.3 is 12.1 Å². The van der Waals surface area contributed by atoms with Gasteiger partial charge in [0.2, 0.25) is 0 Å². The van der Waals surface area contributed by atoms with Crippen molar-refractivity contribution in [2.75, 3.05) is 7.11 Å². The highest BCUT2D eigenvalue weighted by atomic mass is 79.9. The molecule has 2 aromatic rings. The number of nitrogens with one attached hydrogen (secondary N) is 1. The molecule has 6 nitrogen and oxygen atoms in total. The number of halogens is 2. The zero-order valence-corrected chi connectivity index (χ0v) is 16.2. The van der Waals surface area contributed by atoms with Crippen molar-refractivity contribution in [3.05, 3.63) is 63.1 Å². The number of methoxy groups -OCH3 is 1. The number of ether oxygens (including phenoxy) is 2. The van der Waals surface area contributed by atoms with Gasteiger partial charge in [0.25, 0.3) is 0 Å². The van der Waals surface area contributed by atoms with Gasteiger partial charge in [-0.3, -0.25) is 0 Å². The van der Waals surface area contributed by atoms with Crippen molar-refractivity contribution in [1.29, 1.82) is 0 Å². The van der Waals surface area contributed by atoms with Crippen LogP contribution in [0.15, 0.2) is 46.9 Å². The Hall–Kier alpha value is -2.25. The first kappa shape index (κ1) is 20.1. The van der Waals surface area contributed by atoms with E-state index in [1.165, 1.54) is 13.2 Å². The Bertz CT molecular complexity index is 761. The molecule has 8 heteroatoms. The molecule has 0 spiro atoms. The summed E-state index contributed by atoms with van der Waals surface area (Å²) >= 11 is 9.11. The Kier molecular flexibility index (Phi) is 7.29. The van der Waals surface area contributed by atoms with Crippen LogP contribution in [0.4, 0.5) is 4.79 Å². The third-order valence-electron chi connectivity index (χ3n) is 3.51. The molecule has 0 radical (unpaired) electrons. The van der Waals surface area contributed by atoms with Gasteiger partial charge in [-0.25, -0.2) is 9.59 Å². The van der Waals surface area contributed by atoms with Gasteiger partial charge in [-0.1, -0.05) is 41.9 Å². The molecule has 0 aliphatic carbocycles. The van der Waals surface area contributed by atoms with Crippen molar-refractivity contribution in [3.8, 4) is 5.75 Å². The quantitative estimate of drug-likeness (QED) is 0.664. The molecule has 26 heavy (non-hydrogen) atoms.